The van der Waals surface area contributed by atoms with Gasteiger partial charge in [0.2, 0.25) is 5.91 Å². The summed E-state index contributed by atoms with van der Waals surface area (Å²) < 4.78 is 6.38. The topological polar surface area (TPSA) is 86.1 Å². The number of thioether (sulfide) groups is 1. The van der Waals surface area contributed by atoms with E-state index in [2.05, 4.69) is 44.4 Å². The summed E-state index contributed by atoms with van der Waals surface area (Å²) in [7, 11) is 1.36. The molecule has 7 nitrogen and oxygen atoms in total. The average molecular weight is 391 g/mol. The Labute approximate surface area is 163 Å². The molecule has 1 heterocycles. The number of nitrogens with zero attached hydrogens (tertiary/aromatic N) is 3. The monoisotopic (exact) mass is 390 g/mol. The van der Waals surface area contributed by atoms with Crippen LogP contribution in [0.1, 0.15) is 36.9 Å². The number of hydrogen-bond acceptors (Lipinski definition) is 6. The molecule has 2 rings (SSSR count). The molecule has 0 bridgehead atoms. The van der Waals surface area contributed by atoms with E-state index in [1.54, 1.807) is 11.0 Å². The number of esters is 1. The van der Waals surface area contributed by atoms with Crippen LogP contribution >= 0.6 is 11.8 Å². The van der Waals surface area contributed by atoms with E-state index in [4.69, 9.17) is 0 Å². The highest BCUT2D eigenvalue weighted by Crippen LogP contribution is 2.24. The lowest BCUT2D eigenvalue weighted by Crippen LogP contribution is -2.41. The normalized spacial score (nSPS) is 13.0. The number of rotatable bonds is 10. The van der Waals surface area contributed by atoms with Crippen LogP contribution in [0.3, 0.4) is 0 Å². The fourth-order valence-corrected chi connectivity index (χ4v) is 3.52. The minimum atomic E-state index is -0.280. The van der Waals surface area contributed by atoms with Crippen molar-refractivity contribution in [3.63, 3.8) is 0 Å². The fourth-order valence-electron chi connectivity index (χ4n) is 2.76. The quantitative estimate of drug-likeness (QED) is 0.495. The lowest BCUT2D eigenvalue weighted by atomic mass is 9.96. The molecular weight excluding hydrogens is 364 g/mol. The maximum Gasteiger partial charge on any atom is 0.315 e. The van der Waals surface area contributed by atoms with Crippen molar-refractivity contribution >= 4 is 23.6 Å². The highest BCUT2D eigenvalue weighted by Gasteiger charge is 2.25. The van der Waals surface area contributed by atoms with E-state index in [9.17, 15) is 9.59 Å². The SMILES string of the molecule is CC[C@H](NC(=O)CCSCC(=O)OC)[C@@H](c1ccc(C)cc1)n1cncn1. The molecule has 2 aromatic rings. The molecule has 0 aliphatic carbocycles. The summed E-state index contributed by atoms with van der Waals surface area (Å²) >= 11 is 1.39. The van der Waals surface area contributed by atoms with Gasteiger partial charge in [-0.25, -0.2) is 9.67 Å². The molecule has 2 atom stereocenters. The Morgan fingerprint density at radius 2 is 2.04 bits per heavy atom. The number of carbonyl (C=O) groups excluding carboxylic acids is 2. The summed E-state index contributed by atoms with van der Waals surface area (Å²) in [6.07, 6.45) is 4.26. The van der Waals surface area contributed by atoms with Crippen molar-refractivity contribution in [2.45, 2.75) is 38.8 Å². The molecule has 146 valence electrons. The lowest BCUT2D eigenvalue weighted by Gasteiger charge is -2.28. The number of aromatic nitrogens is 3. The minimum absolute atomic E-state index is 0.0450. The second-order valence-corrected chi connectivity index (χ2v) is 7.30. The van der Waals surface area contributed by atoms with Gasteiger partial charge in [-0.2, -0.15) is 5.10 Å². The molecule has 0 spiro atoms. The van der Waals surface area contributed by atoms with Gasteiger partial charge >= 0.3 is 5.97 Å². The number of carbonyl (C=O) groups is 2. The van der Waals surface area contributed by atoms with E-state index >= 15 is 0 Å². The number of aryl methyl sites for hydroxylation is 1. The Kier molecular flexibility index (Phi) is 8.32. The molecule has 1 aromatic carbocycles. The summed E-state index contributed by atoms with van der Waals surface area (Å²) in [4.78, 5) is 27.6. The van der Waals surface area contributed by atoms with Gasteiger partial charge in [0, 0.05) is 12.2 Å². The smallest absolute Gasteiger partial charge is 0.315 e. The van der Waals surface area contributed by atoms with Crippen LogP contribution < -0.4 is 5.32 Å². The number of hydrogen-bond donors (Lipinski definition) is 1. The first kappa shape index (κ1) is 21.0. The van der Waals surface area contributed by atoms with E-state index in [0.29, 0.717) is 12.2 Å². The predicted octanol–water partition coefficient (Wildman–Crippen LogP) is 2.37. The van der Waals surface area contributed by atoms with Gasteiger partial charge in [-0.1, -0.05) is 36.8 Å². The maximum atomic E-state index is 12.4. The van der Waals surface area contributed by atoms with Crippen molar-refractivity contribution in [3.8, 4) is 0 Å². The Morgan fingerprint density at radius 3 is 2.63 bits per heavy atom. The first-order valence-corrected chi connectivity index (χ1v) is 10.0. The zero-order chi connectivity index (χ0) is 19.6. The van der Waals surface area contributed by atoms with Crippen molar-refractivity contribution in [3.05, 3.63) is 48.0 Å². The summed E-state index contributed by atoms with van der Waals surface area (Å²) in [5.41, 5.74) is 2.24. The zero-order valence-corrected chi connectivity index (χ0v) is 16.7. The van der Waals surface area contributed by atoms with Crippen LogP contribution in [0.4, 0.5) is 0 Å². The number of benzene rings is 1. The number of amides is 1. The Hall–Kier alpha value is -2.35. The van der Waals surface area contributed by atoms with E-state index in [-0.39, 0.29) is 29.7 Å². The number of methoxy groups -OCH3 is 1. The van der Waals surface area contributed by atoms with Crippen LogP contribution in [0.25, 0.3) is 0 Å². The molecule has 1 aromatic heterocycles. The van der Waals surface area contributed by atoms with E-state index in [1.165, 1.54) is 30.8 Å². The van der Waals surface area contributed by atoms with Crippen LogP contribution in [-0.4, -0.2) is 51.3 Å². The third-order valence-corrected chi connectivity index (χ3v) is 5.16. The second kappa shape index (κ2) is 10.7. The van der Waals surface area contributed by atoms with Gasteiger partial charge in [-0.15, -0.1) is 11.8 Å². The van der Waals surface area contributed by atoms with Crippen molar-refractivity contribution in [1.29, 1.82) is 0 Å². The van der Waals surface area contributed by atoms with E-state index in [0.717, 1.165) is 12.0 Å². The predicted molar refractivity (Wildman–Crippen MR) is 106 cm³/mol. The highest BCUT2D eigenvalue weighted by molar-refractivity contribution is 7.99. The van der Waals surface area contributed by atoms with Gasteiger partial charge in [-0.3, -0.25) is 9.59 Å². The second-order valence-electron chi connectivity index (χ2n) is 6.19. The summed E-state index contributed by atoms with van der Waals surface area (Å²) in [6.45, 7) is 4.08. The van der Waals surface area contributed by atoms with Crippen molar-refractivity contribution < 1.29 is 14.3 Å². The van der Waals surface area contributed by atoms with Crippen molar-refractivity contribution in [1.82, 2.24) is 20.1 Å². The molecule has 0 saturated heterocycles. The molecular formula is C19H26N4O3S. The van der Waals surface area contributed by atoms with E-state index in [1.807, 2.05) is 13.8 Å². The first-order chi connectivity index (χ1) is 13.0. The fraction of sp³-hybridized carbons (Fsp3) is 0.474. The molecule has 0 saturated carbocycles. The minimum Gasteiger partial charge on any atom is -0.468 e. The molecule has 0 aliphatic heterocycles. The molecule has 0 unspecified atom stereocenters. The zero-order valence-electron chi connectivity index (χ0n) is 15.9. The van der Waals surface area contributed by atoms with E-state index < -0.39 is 0 Å². The molecule has 1 N–H and O–H groups in total. The van der Waals surface area contributed by atoms with Gasteiger partial charge in [0.05, 0.1) is 24.9 Å². The largest absolute Gasteiger partial charge is 0.468 e. The average Bonchev–Trinajstić information content (AvgIpc) is 3.20. The molecule has 0 fully saturated rings. The maximum absolute atomic E-state index is 12.4. The van der Waals surface area contributed by atoms with Crippen LogP contribution in [0.5, 0.6) is 0 Å². The van der Waals surface area contributed by atoms with Crippen LogP contribution in [0, 0.1) is 6.92 Å². The van der Waals surface area contributed by atoms with Crippen LogP contribution in [0.15, 0.2) is 36.9 Å². The third kappa shape index (κ3) is 6.39. The molecule has 0 radical (unpaired) electrons. The molecule has 27 heavy (non-hydrogen) atoms. The van der Waals surface area contributed by atoms with Gasteiger partial charge in [0.15, 0.2) is 0 Å². The molecule has 0 aliphatic rings. The Bertz CT molecular complexity index is 719. The summed E-state index contributed by atoms with van der Waals surface area (Å²) in [5, 5.41) is 7.41. The Balaban J connectivity index is 2.03. The number of ether oxygens (including phenoxy) is 1. The van der Waals surface area contributed by atoms with Crippen molar-refractivity contribution in [2.24, 2.45) is 0 Å². The van der Waals surface area contributed by atoms with Gasteiger partial charge in [0.1, 0.15) is 12.7 Å². The summed E-state index contributed by atoms with van der Waals surface area (Å²) in [5.74, 6) is 0.496. The standard InChI is InChI=1S/C19H26N4O3S/c1-4-16(22-17(24)9-10-27-11-18(25)26-3)19(23-13-20-12-21-23)15-7-5-14(2)6-8-15/h5-8,12-13,16,19H,4,9-11H2,1-3H3,(H,22,24)/t16-,19+/m0/s1. The van der Waals surface area contributed by atoms with Gasteiger partial charge < -0.3 is 10.1 Å². The summed E-state index contributed by atoms with van der Waals surface area (Å²) in [6, 6.07) is 7.97. The van der Waals surface area contributed by atoms with Crippen LogP contribution in [-0.2, 0) is 14.3 Å². The van der Waals surface area contributed by atoms with Crippen LogP contribution in [0.2, 0.25) is 0 Å². The molecule has 1 amide bonds. The first-order valence-electron chi connectivity index (χ1n) is 8.89. The molecule has 8 heteroatoms. The third-order valence-electron chi connectivity index (χ3n) is 4.23. The highest BCUT2D eigenvalue weighted by atomic mass is 32.2. The lowest BCUT2D eigenvalue weighted by molar-refractivity contribution is -0.137. The number of nitrogens with one attached hydrogen (secondary N) is 1. The van der Waals surface area contributed by atoms with Gasteiger partial charge in [0.25, 0.3) is 0 Å². The van der Waals surface area contributed by atoms with Gasteiger partial charge in [-0.05, 0) is 18.9 Å². The van der Waals surface area contributed by atoms with Crippen molar-refractivity contribution in [2.75, 3.05) is 18.6 Å². The Morgan fingerprint density at radius 1 is 1.30 bits per heavy atom.